The van der Waals surface area contributed by atoms with E-state index in [1.54, 1.807) is 12.1 Å². The molecular formula is C18H16F3N3O3. The second kappa shape index (κ2) is 7.28. The van der Waals surface area contributed by atoms with Crippen LogP contribution in [0, 0.1) is 0 Å². The van der Waals surface area contributed by atoms with Crippen LogP contribution in [0.2, 0.25) is 0 Å². The van der Waals surface area contributed by atoms with Gasteiger partial charge in [0.25, 0.3) is 5.91 Å². The predicted molar refractivity (Wildman–Crippen MR) is 91.5 cm³/mol. The van der Waals surface area contributed by atoms with E-state index in [4.69, 9.17) is 5.21 Å². The summed E-state index contributed by atoms with van der Waals surface area (Å²) in [5, 5.41) is 11.6. The van der Waals surface area contributed by atoms with Gasteiger partial charge in [0, 0.05) is 23.5 Å². The zero-order chi connectivity index (χ0) is 19.6. The second-order valence-corrected chi connectivity index (χ2v) is 6.04. The third kappa shape index (κ3) is 4.03. The smallest absolute Gasteiger partial charge is 0.374 e. The van der Waals surface area contributed by atoms with Gasteiger partial charge in [0.1, 0.15) is 6.04 Å². The molecule has 1 unspecified atom stereocenters. The lowest BCUT2D eigenvalue weighted by Gasteiger charge is -2.19. The Morgan fingerprint density at radius 2 is 1.85 bits per heavy atom. The van der Waals surface area contributed by atoms with E-state index in [-0.39, 0.29) is 17.2 Å². The van der Waals surface area contributed by atoms with E-state index >= 15 is 0 Å². The van der Waals surface area contributed by atoms with E-state index < -0.39 is 23.7 Å². The summed E-state index contributed by atoms with van der Waals surface area (Å²) < 4.78 is 38.6. The van der Waals surface area contributed by atoms with Crippen LogP contribution in [0.15, 0.2) is 48.5 Å². The number of hydroxylamine groups is 1. The number of anilines is 2. The molecular weight excluding hydrogens is 363 g/mol. The molecule has 3 N–H and O–H groups in total. The zero-order valence-corrected chi connectivity index (χ0v) is 14.0. The molecule has 2 aromatic carbocycles. The molecule has 0 aromatic heterocycles. The summed E-state index contributed by atoms with van der Waals surface area (Å²) in [6.07, 6.45) is -4.05. The molecule has 0 bridgehead atoms. The van der Waals surface area contributed by atoms with E-state index in [1.165, 1.54) is 34.6 Å². The normalized spacial score (nSPS) is 17.1. The van der Waals surface area contributed by atoms with Crippen molar-refractivity contribution in [3.05, 3.63) is 59.7 Å². The number of nitrogens with zero attached hydrogens (tertiary/aromatic N) is 1. The Kier molecular flexibility index (Phi) is 5.04. The Hall–Kier alpha value is -3.07. The first-order valence-corrected chi connectivity index (χ1v) is 8.09. The third-order valence-electron chi connectivity index (χ3n) is 4.28. The molecule has 9 heteroatoms. The molecule has 0 radical (unpaired) electrons. The van der Waals surface area contributed by atoms with E-state index in [2.05, 4.69) is 5.32 Å². The van der Waals surface area contributed by atoms with Crippen molar-refractivity contribution in [3.8, 4) is 0 Å². The van der Waals surface area contributed by atoms with Crippen LogP contribution >= 0.6 is 0 Å². The van der Waals surface area contributed by atoms with Gasteiger partial charge < -0.3 is 10.2 Å². The minimum atomic E-state index is -4.47. The number of nitrogens with one attached hydrogen (secondary N) is 2. The number of amides is 2. The monoisotopic (exact) mass is 379 g/mol. The van der Waals surface area contributed by atoms with Gasteiger partial charge in [-0.1, -0.05) is 6.07 Å². The molecule has 1 heterocycles. The first-order chi connectivity index (χ1) is 12.8. The van der Waals surface area contributed by atoms with Crippen LogP contribution in [-0.2, 0) is 11.0 Å². The number of carbonyl (C=O) groups excluding carboxylic acids is 2. The standard InChI is InChI=1S/C18H16F3N3O3/c19-18(20,21)12-2-1-3-14(10-12)24-9-8-15(17(24)26)22-13-6-4-11(5-7-13)16(25)23-27/h1-7,10,15,22,27H,8-9H2,(H,23,25). The summed E-state index contributed by atoms with van der Waals surface area (Å²) in [6, 6.07) is 10.2. The van der Waals surface area contributed by atoms with Gasteiger partial charge in [0.2, 0.25) is 5.91 Å². The number of halogens is 3. The highest BCUT2D eigenvalue weighted by Gasteiger charge is 2.35. The number of hydrogen-bond acceptors (Lipinski definition) is 4. The number of hydrogen-bond donors (Lipinski definition) is 3. The van der Waals surface area contributed by atoms with Gasteiger partial charge in [-0.05, 0) is 48.9 Å². The third-order valence-corrected chi connectivity index (χ3v) is 4.28. The lowest BCUT2D eigenvalue weighted by atomic mass is 10.1. The van der Waals surface area contributed by atoms with Gasteiger partial charge in [-0.2, -0.15) is 13.2 Å². The highest BCUT2D eigenvalue weighted by molar-refractivity contribution is 6.01. The molecule has 2 aromatic rings. The van der Waals surface area contributed by atoms with E-state index in [1.807, 2.05) is 0 Å². The molecule has 0 aliphatic carbocycles. The van der Waals surface area contributed by atoms with Crippen molar-refractivity contribution in [2.45, 2.75) is 18.6 Å². The molecule has 0 saturated carbocycles. The minimum Gasteiger partial charge on any atom is -0.374 e. The van der Waals surface area contributed by atoms with Crippen molar-refractivity contribution in [2.24, 2.45) is 0 Å². The molecule has 3 rings (SSSR count). The molecule has 1 aliphatic rings. The maximum Gasteiger partial charge on any atom is 0.416 e. The quantitative estimate of drug-likeness (QED) is 0.563. The summed E-state index contributed by atoms with van der Waals surface area (Å²) >= 11 is 0. The van der Waals surface area contributed by atoms with E-state index in [0.29, 0.717) is 18.7 Å². The zero-order valence-electron chi connectivity index (χ0n) is 14.0. The molecule has 1 atom stereocenters. The molecule has 142 valence electrons. The molecule has 1 saturated heterocycles. The van der Waals surface area contributed by atoms with Gasteiger partial charge in [-0.15, -0.1) is 0 Å². The largest absolute Gasteiger partial charge is 0.416 e. The molecule has 2 amide bonds. The van der Waals surface area contributed by atoms with Gasteiger partial charge in [-0.25, -0.2) is 5.48 Å². The van der Waals surface area contributed by atoms with Gasteiger partial charge >= 0.3 is 6.18 Å². The van der Waals surface area contributed by atoms with Crippen molar-refractivity contribution in [1.82, 2.24) is 5.48 Å². The van der Waals surface area contributed by atoms with Crippen molar-refractivity contribution in [2.75, 3.05) is 16.8 Å². The van der Waals surface area contributed by atoms with Crippen molar-refractivity contribution in [3.63, 3.8) is 0 Å². The first kappa shape index (κ1) is 18.7. The van der Waals surface area contributed by atoms with E-state index in [9.17, 15) is 22.8 Å². The summed E-state index contributed by atoms with van der Waals surface area (Å²) in [7, 11) is 0. The first-order valence-electron chi connectivity index (χ1n) is 8.09. The van der Waals surface area contributed by atoms with Crippen molar-refractivity contribution < 1.29 is 28.0 Å². The number of rotatable bonds is 4. The lowest BCUT2D eigenvalue weighted by molar-refractivity contribution is -0.137. The molecule has 6 nitrogen and oxygen atoms in total. The predicted octanol–water partition coefficient (Wildman–Crippen LogP) is 3.04. The summed E-state index contributed by atoms with van der Waals surface area (Å²) in [5.41, 5.74) is 1.74. The van der Waals surface area contributed by atoms with Crippen LogP contribution in [-0.4, -0.2) is 29.6 Å². The van der Waals surface area contributed by atoms with Gasteiger partial charge in [0.05, 0.1) is 5.56 Å². The Labute approximate surface area is 152 Å². The van der Waals surface area contributed by atoms with E-state index in [0.717, 1.165) is 12.1 Å². The number of benzene rings is 2. The summed E-state index contributed by atoms with van der Waals surface area (Å²) in [6.45, 7) is 0.294. The fourth-order valence-corrected chi connectivity index (χ4v) is 2.90. The SMILES string of the molecule is O=C(NO)c1ccc(NC2CCN(c3cccc(C(F)(F)F)c3)C2=O)cc1. The number of alkyl halides is 3. The average Bonchev–Trinajstić information content (AvgIpc) is 3.01. The number of carbonyl (C=O) groups is 2. The fraction of sp³-hybridized carbons (Fsp3) is 0.222. The Morgan fingerprint density at radius 3 is 2.48 bits per heavy atom. The van der Waals surface area contributed by atoms with Crippen LogP contribution in [0.5, 0.6) is 0 Å². The Balaban J connectivity index is 1.71. The Morgan fingerprint density at radius 1 is 1.15 bits per heavy atom. The average molecular weight is 379 g/mol. The van der Waals surface area contributed by atoms with Crippen molar-refractivity contribution in [1.29, 1.82) is 0 Å². The Bertz CT molecular complexity index is 853. The topological polar surface area (TPSA) is 81.7 Å². The molecule has 27 heavy (non-hydrogen) atoms. The van der Waals surface area contributed by atoms with Gasteiger partial charge in [-0.3, -0.25) is 14.8 Å². The molecule has 1 fully saturated rings. The highest BCUT2D eigenvalue weighted by atomic mass is 19.4. The molecule has 1 aliphatic heterocycles. The summed E-state index contributed by atoms with van der Waals surface area (Å²) in [4.78, 5) is 25.2. The summed E-state index contributed by atoms with van der Waals surface area (Å²) in [5.74, 6) is -0.985. The van der Waals surface area contributed by atoms with Crippen LogP contribution < -0.4 is 15.7 Å². The van der Waals surface area contributed by atoms with Crippen LogP contribution in [0.1, 0.15) is 22.3 Å². The minimum absolute atomic E-state index is 0.203. The van der Waals surface area contributed by atoms with Gasteiger partial charge in [0.15, 0.2) is 0 Å². The van der Waals surface area contributed by atoms with Crippen LogP contribution in [0.3, 0.4) is 0 Å². The van der Waals surface area contributed by atoms with Crippen LogP contribution in [0.4, 0.5) is 24.5 Å². The maximum atomic E-state index is 12.9. The lowest BCUT2D eigenvalue weighted by Crippen LogP contribution is -2.33. The fourth-order valence-electron chi connectivity index (χ4n) is 2.90. The second-order valence-electron chi connectivity index (χ2n) is 6.04. The van der Waals surface area contributed by atoms with Crippen molar-refractivity contribution >= 4 is 23.2 Å². The molecule has 0 spiro atoms. The highest BCUT2D eigenvalue weighted by Crippen LogP contribution is 2.33. The van der Waals surface area contributed by atoms with Crippen LogP contribution in [0.25, 0.3) is 0 Å². The maximum absolute atomic E-state index is 12.9.